The van der Waals surface area contributed by atoms with Crippen LogP contribution in [0.15, 0.2) is 24.3 Å². The Morgan fingerprint density at radius 2 is 2.07 bits per heavy atom. The summed E-state index contributed by atoms with van der Waals surface area (Å²) in [5, 5.41) is 0.588. The number of carbonyl (C=O) groups excluding carboxylic acids is 1. The maximum Gasteiger partial charge on any atom is 0.157 e. The van der Waals surface area contributed by atoms with E-state index in [9.17, 15) is 4.79 Å². The lowest BCUT2D eigenvalue weighted by Gasteiger charge is -2.23. The summed E-state index contributed by atoms with van der Waals surface area (Å²) in [6, 6.07) is 7.32. The van der Waals surface area contributed by atoms with E-state index in [-0.39, 0.29) is 5.78 Å². The van der Waals surface area contributed by atoms with Gasteiger partial charge >= 0.3 is 0 Å². The summed E-state index contributed by atoms with van der Waals surface area (Å²) in [5.41, 5.74) is 6.02. The second-order valence-electron chi connectivity index (χ2n) is 3.73. The highest BCUT2D eigenvalue weighted by molar-refractivity contribution is 6.31. The molecule has 0 unspecified atom stereocenters. The van der Waals surface area contributed by atoms with Crippen LogP contribution < -0.4 is 5.73 Å². The second kappa shape index (κ2) is 3.37. The summed E-state index contributed by atoms with van der Waals surface area (Å²) < 4.78 is 0. The van der Waals surface area contributed by atoms with Crippen LogP contribution in [0, 0.1) is 0 Å². The Labute approximate surface area is 88.1 Å². The summed E-state index contributed by atoms with van der Waals surface area (Å²) in [5.74, 6) is 0.102. The van der Waals surface area contributed by atoms with Crippen LogP contribution in [0.3, 0.4) is 0 Å². The molecule has 1 aliphatic carbocycles. The zero-order valence-electron chi connectivity index (χ0n) is 7.79. The molecule has 0 amide bonds. The molecule has 1 aromatic rings. The predicted octanol–water partition coefficient (Wildman–Crippen LogP) is 2.25. The molecule has 1 aromatic carbocycles. The molecule has 1 saturated carbocycles. The molecule has 0 heterocycles. The molecule has 1 atom stereocenters. The Balaban J connectivity index is 2.48. The highest BCUT2D eigenvalue weighted by Gasteiger charge is 2.40. The smallest absolute Gasteiger partial charge is 0.157 e. The summed E-state index contributed by atoms with van der Waals surface area (Å²) in [6.07, 6.45) is 2.14. The quantitative estimate of drug-likeness (QED) is 0.771. The minimum absolute atomic E-state index is 0.102. The third kappa shape index (κ3) is 1.35. The van der Waals surface area contributed by atoms with Gasteiger partial charge in [-0.1, -0.05) is 29.8 Å². The minimum atomic E-state index is -0.835. The van der Waals surface area contributed by atoms with Gasteiger partial charge in [-0.15, -0.1) is 0 Å². The number of halogens is 1. The fourth-order valence-corrected chi connectivity index (χ4v) is 2.30. The highest BCUT2D eigenvalue weighted by atomic mass is 35.5. The lowest BCUT2D eigenvalue weighted by molar-refractivity contribution is -0.122. The number of hydrogen-bond acceptors (Lipinski definition) is 2. The van der Waals surface area contributed by atoms with Gasteiger partial charge in [0, 0.05) is 11.4 Å². The zero-order valence-corrected chi connectivity index (χ0v) is 8.55. The van der Waals surface area contributed by atoms with Gasteiger partial charge in [-0.25, -0.2) is 0 Å². The number of benzene rings is 1. The van der Waals surface area contributed by atoms with Crippen molar-refractivity contribution in [3.63, 3.8) is 0 Å². The lowest BCUT2D eigenvalue weighted by Crippen LogP contribution is -2.40. The number of carbonyl (C=O) groups is 1. The lowest BCUT2D eigenvalue weighted by atomic mass is 9.88. The Bertz CT molecular complexity index is 377. The molecule has 2 rings (SSSR count). The van der Waals surface area contributed by atoms with Crippen molar-refractivity contribution in [3.8, 4) is 0 Å². The molecule has 1 aliphatic rings. The minimum Gasteiger partial charge on any atom is -0.315 e. The third-order valence-corrected chi connectivity index (χ3v) is 3.16. The van der Waals surface area contributed by atoms with Crippen LogP contribution in [0.1, 0.15) is 24.8 Å². The van der Waals surface area contributed by atoms with E-state index in [1.165, 1.54) is 0 Å². The van der Waals surface area contributed by atoms with Crippen molar-refractivity contribution in [1.82, 2.24) is 0 Å². The van der Waals surface area contributed by atoms with Gasteiger partial charge in [0.05, 0.1) is 0 Å². The van der Waals surface area contributed by atoms with Crippen LogP contribution in [-0.2, 0) is 10.3 Å². The first kappa shape index (κ1) is 9.69. The highest BCUT2D eigenvalue weighted by Crippen LogP contribution is 2.36. The van der Waals surface area contributed by atoms with Crippen molar-refractivity contribution in [1.29, 1.82) is 0 Å². The first-order valence-corrected chi connectivity index (χ1v) is 5.09. The van der Waals surface area contributed by atoms with Crippen molar-refractivity contribution in [2.45, 2.75) is 24.8 Å². The number of rotatable bonds is 1. The summed E-state index contributed by atoms with van der Waals surface area (Å²) in [7, 11) is 0. The number of ketones is 1. The Morgan fingerprint density at radius 3 is 2.64 bits per heavy atom. The average molecular weight is 210 g/mol. The summed E-state index contributed by atoms with van der Waals surface area (Å²) in [6.45, 7) is 0. The van der Waals surface area contributed by atoms with Crippen LogP contribution in [-0.4, -0.2) is 5.78 Å². The van der Waals surface area contributed by atoms with E-state index >= 15 is 0 Å². The van der Waals surface area contributed by atoms with Gasteiger partial charge < -0.3 is 5.73 Å². The first-order chi connectivity index (χ1) is 6.64. The molecule has 0 aliphatic heterocycles. The fourth-order valence-electron chi connectivity index (χ4n) is 2.00. The molecular formula is C11H12ClNO. The van der Waals surface area contributed by atoms with E-state index in [0.29, 0.717) is 17.9 Å². The molecule has 0 saturated heterocycles. The molecule has 1 fully saturated rings. The molecular weight excluding hydrogens is 198 g/mol. The molecule has 2 N–H and O–H groups in total. The Kier molecular flexibility index (Phi) is 2.33. The van der Waals surface area contributed by atoms with Crippen molar-refractivity contribution < 1.29 is 4.79 Å². The van der Waals surface area contributed by atoms with Crippen molar-refractivity contribution >= 4 is 17.4 Å². The van der Waals surface area contributed by atoms with Gasteiger partial charge in [-0.05, 0) is 24.5 Å². The average Bonchev–Trinajstić information content (AvgIpc) is 2.49. The fraction of sp³-hybridized carbons (Fsp3) is 0.364. The largest absolute Gasteiger partial charge is 0.315 e. The van der Waals surface area contributed by atoms with Gasteiger partial charge in [0.2, 0.25) is 0 Å². The van der Waals surface area contributed by atoms with Crippen LogP contribution in [0.2, 0.25) is 5.02 Å². The van der Waals surface area contributed by atoms with Gasteiger partial charge in [0.15, 0.2) is 5.78 Å². The van der Waals surface area contributed by atoms with Gasteiger partial charge in [0.25, 0.3) is 0 Å². The second-order valence-corrected chi connectivity index (χ2v) is 4.14. The molecule has 0 aromatic heterocycles. The third-order valence-electron chi connectivity index (χ3n) is 2.83. The normalized spacial score (nSPS) is 26.9. The Morgan fingerprint density at radius 1 is 1.36 bits per heavy atom. The standard InChI is InChI=1S/C11H12ClNO/c12-9-5-2-1-4-8(9)11(13)7-3-6-10(11)14/h1-2,4-5H,3,6-7,13H2/t11-/m1/s1. The molecule has 3 heteroatoms. The number of nitrogens with two attached hydrogens (primary N) is 1. The van der Waals surface area contributed by atoms with E-state index in [0.717, 1.165) is 12.0 Å². The molecule has 74 valence electrons. The van der Waals surface area contributed by atoms with E-state index in [2.05, 4.69) is 0 Å². The summed E-state index contributed by atoms with van der Waals surface area (Å²) in [4.78, 5) is 11.7. The van der Waals surface area contributed by atoms with Crippen molar-refractivity contribution in [2.75, 3.05) is 0 Å². The molecule has 14 heavy (non-hydrogen) atoms. The zero-order chi connectivity index (χ0) is 10.2. The summed E-state index contributed by atoms with van der Waals surface area (Å²) >= 11 is 6.03. The van der Waals surface area contributed by atoms with Crippen molar-refractivity contribution in [3.05, 3.63) is 34.9 Å². The number of Topliss-reactive ketones (excluding diaryl/α,β-unsaturated/α-hetero) is 1. The van der Waals surface area contributed by atoms with E-state index < -0.39 is 5.54 Å². The molecule has 0 radical (unpaired) electrons. The van der Waals surface area contributed by atoms with Gasteiger partial charge in [-0.2, -0.15) is 0 Å². The first-order valence-electron chi connectivity index (χ1n) is 4.72. The Hall–Kier alpha value is -0.860. The maximum absolute atomic E-state index is 11.7. The molecule has 0 bridgehead atoms. The van der Waals surface area contributed by atoms with Gasteiger partial charge in [-0.3, -0.25) is 4.79 Å². The number of hydrogen-bond donors (Lipinski definition) is 1. The van der Waals surface area contributed by atoms with Gasteiger partial charge in [0.1, 0.15) is 5.54 Å². The van der Waals surface area contributed by atoms with E-state index in [1.54, 1.807) is 6.07 Å². The SMILES string of the molecule is N[C@@]1(c2ccccc2Cl)CCCC1=O. The van der Waals surface area contributed by atoms with Crippen LogP contribution in [0.4, 0.5) is 0 Å². The maximum atomic E-state index is 11.7. The monoisotopic (exact) mass is 209 g/mol. The van der Waals surface area contributed by atoms with Crippen LogP contribution >= 0.6 is 11.6 Å². The van der Waals surface area contributed by atoms with E-state index in [1.807, 2.05) is 18.2 Å². The predicted molar refractivity (Wildman–Crippen MR) is 56.2 cm³/mol. The topological polar surface area (TPSA) is 43.1 Å². The van der Waals surface area contributed by atoms with Crippen LogP contribution in [0.5, 0.6) is 0 Å². The van der Waals surface area contributed by atoms with Crippen LogP contribution in [0.25, 0.3) is 0 Å². The van der Waals surface area contributed by atoms with E-state index in [4.69, 9.17) is 17.3 Å². The molecule has 2 nitrogen and oxygen atoms in total. The molecule has 0 spiro atoms. The van der Waals surface area contributed by atoms with Crippen molar-refractivity contribution in [2.24, 2.45) is 5.73 Å².